The number of pyridine rings is 1. The second kappa shape index (κ2) is 9.06. The Bertz CT molecular complexity index is 1320. The Morgan fingerprint density at radius 1 is 1.17 bits per heavy atom. The molecule has 194 valence electrons. The van der Waals surface area contributed by atoms with E-state index in [4.69, 9.17) is 4.74 Å². The van der Waals surface area contributed by atoms with Gasteiger partial charge in [-0.05, 0) is 57.4 Å². The molecule has 0 radical (unpaired) electrons. The molecule has 0 saturated carbocycles. The van der Waals surface area contributed by atoms with E-state index < -0.39 is 51.5 Å². The standard InChI is InChI=1S/C24H26F3N3O5S/c1-23(2)15-10-14(21(31)29-24(3)6-8-36(33,34)9-7-24)4-5-17(15)30(22(23)32)18-11-20(28-12-16(18)25)35-13-19(26)27/h4-5,10-12,19H,6-9,13H2,1-3H3,(H,29,31). The molecular formula is C24H26F3N3O5S. The maximum Gasteiger partial charge on any atom is 0.272 e. The molecule has 1 aromatic carbocycles. The van der Waals surface area contributed by atoms with Gasteiger partial charge in [0.2, 0.25) is 11.8 Å². The van der Waals surface area contributed by atoms with Crippen molar-refractivity contribution in [2.45, 2.75) is 51.0 Å². The highest BCUT2D eigenvalue weighted by molar-refractivity contribution is 7.91. The Morgan fingerprint density at radius 3 is 2.47 bits per heavy atom. The van der Waals surface area contributed by atoms with Crippen LogP contribution in [-0.2, 0) is 20.0 Å². The van der Waals surface area contributed by atoms with Gasteiger partial charge in [-0.1, -0.05) is 0 Å². The Labute approximate surface area is 206 Å². The number of fused-ring (bicyclic) bond motifs is 1. The summed E-state index contributed by atoms with van der Waals surface area (Å²) in [7, 11) is -3.11. The number of hydrogen-bond donors (Lipinski definition) is 1. The first-order valence-electron chi connectivity index (χ1n) is 11.3. The van der Waals surface area contributed by atoms with E-state index in [9.17, 15) is 31.2 Å². The molecule has 8 nitrogen and oxygen atoms in total. The summed E-state index contributed by atoms with van der Waals surface area (Å²) in [4.78, 5) is 31.2. The van der Waals surface area contributed by atoms with Crippen LogP contribution < -0.4 is 15.0 Å². The van der Waals surface area contributed by atoms with Crippen LogP contribution in [0.2, 0.25) is 0 Å². The normalized spacial score (nSPS) is 19.8. The minimum Gasteiger partial charge on any atom is -0.472 e. The highest BCUT2D eigenvalue weighted by Crippen LogP contribution is 2.46. The predicted molar refractivity (Wildman–Crippen MR) is 126 cm³/mol. The molecule has 1 N–H and O–H groups in total. The van der Waals surface area contributed by atoms with Gasteiger partial charge in [-0.25, -0.2) is 26.6 Å². The van der Waals surface area contributed by atoms with Crippen molar-refractivity contribution in [3.8, 4) is 5.88 Å². The Balaban J connectivity index is 1.64. The van der Waals surface area contributed by atoms with Gasteiger partial charge in [0.15, 0.2) is 12.4 Å². The number of hydrogen-bond acceptors (Lipinski definition) is 6. The van der Waals surface area contributed by atoms with E-state index in [1.165, 1.54) is 12.1 Å². The second-order valence-electron chi connectivity index (χ2n) is 9.84. The van der Waals surface area contributed by atoms with Gasteiger partial charge in [0.05, 0.1) is 34.5 Å². The third kappa shape index (κ3) is 4.91. The number of halogens is 3. The molecular weight excluding hydrogens is 499 g/mol. The number of ether oxygens (including phenoxy) is 1. The molecule has 3 heterocycles. The van der Waals surface area contributed by atoms with Gasteiger partial charge >= 0.3 is 0 Å². The molecule has 0 bridgehead atoms. The smallest absolute Gasteiger partial charge is 0.272 e. The average molecular weight is 526 g/mol. The number of carbonyl (C=O) groups is 2. The lowest BCUT2D eigenvalue weighted by atomic mass is 9.85. The molecule has 4 rings (SSSR count). The lowest BCUT2D eigenvalue weighted by Crippen LogP contribution is -2.50. The summed E-state index contributed by atoms with van der Waals surface area (Å²) in [5, 5.41) is 2.91. The fraction of sp³-hybridized carbons (Fsp3) is 0.458. The van der Waals surface area contributed by atoms with E-state index in [-0.39, 0.29) is 28.6 Å². The molecule has 0 unspecified atom stereocenters. The molecule has 0 spiro atoms. The van der Waals surface area contributed by atoms with E-state index in [2.05, 4.69) is 10.3 Å². The predicted octanol–water partition coefficient (Wildman–Crippen LogP) is 3.52. The van der Waals surface area contributed by atoms with Gasteiger partial charge in [-0.3, -0.25) is 14.5 Å². The molecule has 1 aromatic heterocycles. The van der Waals surface area contributed by atoms with Crippen LogP contribution >= 0.6 is 0 Å². The monoisotopic (exact) mass is 525 g/mol. The molecule has 2 aliphatic heterocycles. The lowest BCUT2D eigenvalue weighted by molar-refractivity contribution is -0.121. The van der Waals surface area contributed by atoms with Crippen molar-refractivity contribution in [1.82, 2.24) is 10.3 Å². The maximum atomic E-state index is 14.7. The Hall–Kier alpha value is -3.15. The van der Waals surface area contributed by atoms with Crippen LogP contribution in [0.5, 0.6) is 5.88 Å². The van der Waals surface area contributed by atoms with Crippen molar-refractivity contribution in [3.63, 3.8) is 0 Å². The fourth-order valence-electron chi connectivity index (χ4n) is 4.38. The first-order chi connectivity index (χ1) is 16.7. The molecule has 36 heavy (non-hydrogen) atoms. The van der Waals surface area contributed by atoms with Gasteiger partial charge in [0.25, 0.3) is 12.3 Å². The number of aromatic nitrogens is 1. The minimum absolute atomic E-state index is 0.00895. The SMILES string of the molecule is CC1(NC(=O)c2ccc3c(c2)C(C)(C)C(=O)N3c2cc(OCC(F)F)ncc2F)CCS(=O)(=O)CC1. The second-order valence-corrected chi connectivity index (χ2v) is 12.1. The van der Waals surface area contributed by atoms with Crippen molar-refractivity contribution in [1.29, 1.82) is 0 Å². The molecule has 0 aliphatic carbocycles. The average Bonchev–Trinajstić information content (AvgIpc) is 3.00. The number of amides is 2. The molecule has 2 amide bonds. The van der Waals surface area contributed by atoms with Gasteiger partial charge in [-0.2, -0.15) is 0 Å². The van der Waals surface area contributed by atoms with E-state index in [0.29, 0.717) is 24.1 Å². The zero-order chi connectivity index (χ0) is 26.5. The molecule has 12 heteroatoms. The van der Waals surface area contributed by atoms with Gasteiger partial charge < -0.3 is 10.1 Å². The number of carbonyl (C=O) groups excluding carboxylic acids is 2. The van der Waals surface area contributed by atoms with Crippen LogP contribution in [0.1, 0.15) is 49.5 Å². The molecule has 0 atom stereocenters. The van der Waals surface area contributed by atoms with E-state index in [1.54, 1.807) is 26.8 Å². The van der Waals surface area contributed by atoms with Crippen molar-refractivity contribution in [2.24, 2.45) is 0 Å². The number of alkyl halides is 2. The maximum absolute atomic E-state index is 14.7. The van der Waals surface area contributed by atoms with Crippen LogP contribution in [0.25, 0.3) is 0 Å². The topological polar surface area (TPSA) is 106 Å². The summed E-state index contributed by atoms with van der Waals surface area (Å²) in [6.07, 6.45) is -1.37. The Morgan fingerprint density at radius 2 is 1.83 bits per heavy atom. The van der Waals surface area contributed by atoms with Crippen LogP contribution in [0.3, 0.4) is 0 Å². The zero-order valence-corrected chi connectivity index (χ0v) is 20.8. The van der Waals surface area contributed by atoms with Crippen LogP contribution in [0.4, 0.5) is 24.5 Å². The van der Waals surface area contributed by atoms with E-state index in [0.717, 1.165) is 17.2 Å². The first kappa shape index (κ1) is 25.9. The molecule has 1 fully saturated rings. The van der Waals surface area contributed by atoms with Crippen molar-refractivity contribution in [3.05, 3.63) is 47.4 Å². The number of anilines is 2. The van der Waals surface area contributed by atoms with E-state index in [1.807, 2.05) is 0 Å². The molecule has 2 aliphatic rings. The van der Waals surface area contributed by atoms with Crippen LogP contribution in [0, 0.1) is 5.82 Å². The highest BCUT2D eigenvalue weighted by atomic mass is 32.2. The van der Waals surface area contributed by atoms with Crippen LogP contribution in [-0.4, -0.2) is 55.3 Å². The van der Waals surface area contributed by atoms with Crippen molar-refractivity contribution < 1.29 is 35.9 Å². The number of sulfone groups is 1. The number of nitrogens with one attached hydrogen (secondary N) is 1. The number of benzene rings is 1. The Kier molecular flexibility index (Phi) is 6.52. The van der Waals surface area contributed by atoms with E-state index >= 15 is 0 Å². The summed E-state index contributed by atoms with van der Waals surface area (Å²) >= 11 is 0. The summed E-state index contributed by atoms with van der Waals surface area (Å²) in [5.74, 6) is -2.03. The highest BCUT2D eigenvalue weighted by Gasteiger charge is 2.46. The fourth-order valence-corrected chi connectivity index (χ4v) is 6.11. The third-order valence-electron chi connectivity index (χ3n) is 6.66. The zero-order valence-electron chi connectivity index (χ0n) is 20.0. The summed E-state index contributed by atoms with van der Waals surface area (Å²) in [6.45, 7) is 4.13. The van der Waals surface area contributed by atoms with Crippen molar-refractivity contribution >= 4 is 33.0 Å². The first-order valence-corrected chi connectivity index (χ1v) is 13.1. The summed E-state index contributed by atoms with van der Waals surface area (Å²) < 4.78 is 68.2. The molecule has 2 aromatic rings. The van der Waals surface area contributed by atoms with Gasteiger partial charge in [0.1, 0.15) is 9.84 Å². The summed E-state index contributed by atoms with van der Waals surface area (Å²) in [5.41, 5.74) is -0.951. The minimum atomic E-state index is -3.11. The lowest BCUT2D eigenvalue weighted by Gasteiger charge is -2.34. The van der Waals surface area contributed by atoms with Gasteiger partial charge in [0, 0.05) is 17.2 Å². The molecule has 1 saturated heterocycles. The largest absolute Gasteiger partial charge is 0.472 e. The number of nitrogens with zero attached hydrogens (tertiary/aromatic N) is 2. The van der Waals surface area contributed by atoms with Crippen molar-refractivity contribution in [2.75, 3.05) is 23.0 Å². The number of rotatable bonds is 6. The van der Waals surface area contributed by atoms with Gasteiger partial charge in [-0.15, -0.1) is 0 Å². The van der Waals surface area contributed by atoms with Crippen LogP contribution in [0.15, 0.2) is 30.5 Å². The third-order valence-corrected chi connectivity index (χ3v) is 8.32. The summed E-state index contributed by atoms with van der Waals surface area (Å²) in [6, 6.07) is 5.65. The quantitative estimate of drug-likeness (QED) is 0.619.